The Bertz CT molecular complexity index is 399. The molecule has 1 aromatic rings. The van der Waals surface area contributed by atoms with Gasteiger partial charge in [-0.3, -0.25) is 4.90 Å². The third kappa shape index (κ3) is 2.45. The number of likely N-dealkylation sites (tertiary alicyclic amines) is 1. The summed E-state index contributed by atoms with van der Waals surface area (Å²) in [4.78, 5) is 2.45. The van der Waals surface area contributed by atoms with Crippen molar-refractivity contribution in [2.45, 2.75) is 50.1 Å². The first-order valence-corrected chi connectivity index (χ1v) is 7.31. The summed E-state index contributed by atoms with van der Waals surface area (Å²) in [6.07, 6.45) is 6.45. The van der Waals surface area contributed by atoms with E-state index in [2.05, 4.69) is 36.2 Å². The normalized spacial score (nSPS) is 30.1. The van der Waals surface area contributed by atoms with Gasteiger partial charge in [0.2, 0.25) is 0 Å². The van der Waals surface area contributed by atoms with E-state index >= 15 is 0 Å². The smallest absolute Gasteiger partial charge is 0.0496 e. The zero-order chi connectivity index (χ0) is 12.5. The van der Waals surface area contributed by atoms with Crippen molar-refractivity contribution >= 4 is 0 Å². The first-order chi connectivity index (χ1) is 8.75. The van der Waals surface area contributed by atoms with Crippen molar-refractivity contribution in [3.05, 3.63) is 35.4 Å². The molecule has 1 aromatic carbocycles. The lowest BCUT2D eigenvalue weighted by Crippen LogP contribution is -2.37. The lowest BCUT2D eigenvalue weighted by atomic mass is 9.94. The van der Waals surface area contributed by atoms with Crippen LogP contribution in [0.2, 0.25) is 0 Å². The fourth-order valence-corrected chi connectivity index (χ4v) is 3.28. The van der Waals surface area contributed by atoms with Crippen LogP contribution in [0.5, 0.6) is 0 Å². The fraction of sp³-hybridized carbons (Fsp3) is 0.625. The van der Waals surface area contributed by atoms with Crippen molar-refractivity contribution in [1.29, 1.82) is 0 Å². The van der Waals surface area contributed by atoms with Gasteiger partial charge >= 0.3 is 0 Å². The van der Waals surface area contributed by atoms with E-state index in [4.69, 9.17) is 5.73 Å². The van der Waals surface area contributed by atoms with Crippen molar-refractivity contribution < 1.29 is 0 Å². The third-order valence-electron chi connectivity index (χ3n) is 4.48. The monoisotopic (exact) mass is 244 g/mol. The predicted molar refractivity (Wildman–Crippen MR) is 75.6 cm³/mol. The largest absolute Gasteiger partial charge is 0.326 e. The first-order valence-electron chi connectivity index (χ1n) is 7.31. The van der Waals surface area contributed by atoms with Gasteiger partial charge in [0.1, 0.15) is 0 Å². The van der Waals surface area contributed by atoms with Gasteiger partial charge in [-0.05, 0) is 56.3 Å². The van der Waals surface area contributed by atoms with Gasteiger partial charge in [-0.1, -0.05) is 30.7 Å². The lowest BCUT2D eigenvalue weighted by Gasteiger charge is -2.31. The summed E-state index contributed by atoms with van der Waals surface area (Å²) < 4.78 is 0. The van der Waals surface area contributed by atoms with Gasteiger partial charge in [-0.2, -0.15) is 0 Å². The van der Waals surface area contributed by atoms with E-state index in [0.29, 0.717) is 6.04 Å². The number of nitrogens with zero attached hydrogens (tertiary/aromatic N) is 1. The SMILES string of the molecule is CN1CCCCC(N)C1c1cccc(C2CC2)c1. The topological polar surface area (TPSA) is 29.3 Å². The highest BCUT2D eigenvalue weighted by molar-refractivity contribution is 5.31. The summed E-state index contributed by atoms with van der Waals surface area (Å²) in [6, 6.07) is 9.86. The summed E-state index contributed by atoms with van der Waals surface area (Å²) in [5.74, 6) is 0.831. The van der Waals surface area contributed by atoms with Crippen molar-refractivity contribution in [1.82, 2.24) is 4.90 Å². The highest BCUT2D eigenvalue weighted by atomic mass is 15.1. The van der Waals surface area contributed by atoms with Crippen LogP contribution in [0.25, 0.3) is 0 Å². The molecule has 2 nitrogen and oxygen atoms in total. The number of likely N-dealkylation sites (N-methyl/N-ethyl adjacent to an activating group) is 1. The van der Waals surface area contributed by atoms with Gasteiger partial charge in [0.15, 0.2) is 0 Å². The number of benzene rings is 1. The van der Waals surface area contributed by atoms with Gasteiger partial charge in [-0.15, -0.1) is 0 Å². The highest BCUT2D eigenvalue weighted by Gasteiger charge is 2.28. The van der Waals surface area contributed by atoms with Crippen molar-refractivity contribution in [3.63, 3.8) is 0 Å². The number of hydrogen-bond donors (Lipinski definition) is 1. The first kappa shape index (κ1) is 12.2. The maximum Gasteiger partial charge on any atom is 0.0496 e. The van der Waals surface area contributed by atoms with E-state index in [1.165, 1.54) is 43.4 Å². The highest BCUT2D eigenvalue weighted by Crippen LogP contribution is 2.41. The number of nitrogens with two attached hydrogens (primary N) is 1. The Morgan fingerprint density at radius 1 is 1.11 bits per heavy atom. The average molecular weight is 244 g/mol. The summed E-state index contributed by atoms with van der Waals surface area (Å²) in [5.41, 5.74) is 9.35. The van der Waals surface area contributed by atoms with Crippen LogP contribution in [0.1, 0.15) is 55.2 Å². The predicted octanol–water partition coefficient (Wildman–Crippen LogP) is 3.05. The second-order valence-corrected chi connectivity index (χ2v) is 6.03. The Balaban J connectivity index is 1.88. The molecule has 2 fully saturated rings. The van der Waals surface area contributed by atoms with Crippen molar-refractivity contribution in [2.24, 2.45) is 5.73 Å². The van der Waals surface area contributed by atoms with Crippen LogP contribution in [-0.2, 0) is 0 Å². The molecule has 1 heterocycles. The Labute approximate surface area is 110 Å². The molecule has 98 valence electrons. The lowest BCUT2D eigenvalue weighted by molar-refractivity contribution is 0.230. The van der Waals surface area contributed by atoms with Gasteiger partial charge in [0.25, 0.3) is 0 Å². The molecule has 1 aliphatic heterocycles. The molecule has 0 spiro atoms. The Kier molecular flexibility index (Phi) is 3.40. The molecule has 1 aliphatic carbocycles. The zero-order valence-electron chi connectivity index (χ0n) is 11.3. The summed E-state index contributed by atoms with van der Waals surface area (Å²) >= 11 is 0. The molecule has 0 aromatic heterocycles. The third-order valence-corrected chi connectivity index (χ3v) is 4.48. The standard InChI is InChI=1S/C16H24N2/c1-18-10-3-2-7-15(17)16(18)14-6-4-5-13(11-14)12-8-9-12/h4-6,11-12,15-16H,2-3,7-10,17H2,1H3. The minimum Gasteiger partial charge on any atom is -0.326 e. The molecule has 0 bridgehead atoms. The Hall–Kier alpha value is -0.860. The second kappa shape index (κ2) is 5.02. The van der Waals surface area contributed by atoms with Crippen LogP contribution in [0.3, 0.4) is 0 Å². The van der Waals surface area contributed by atoms with Crippen LogP contribution in [0.4, 0.5) is 0 Å². The zero-order valence-corrected chi connectivity index (χ0v) is 11.3. The summed E-state index contributed by atoms with van der Waals surface area (Å²) in [7, 11) is 2.22. The maximum atomic E-state index is 6.40. The second-order valence-electron chi connectivity index (χ2n) is 6.03. The molecule has 2 aliphatic rings. The van der Waals surface area contributed by atoms with Crippen LogP contribution >= 0.6 is 0 Å². The number of hydrogen-bond acceptors (Lipinski definition) is 2. The van der Waals surface area contributed by atoms with Crippen molar-refractivity contribution in [2.75, 3.05) is 13.6 Å². The van der Waals surface area contributed by atoms with E-state index < -0.39 is 0 Å². The minimum absolute atomic E-state index is 0.284. The summed E-state index contributed by atoms with van der Waals surface area (Å²) in [6.45, 7) is 1.17. The van der Waals surface area contributed by atoms with E-state index in [-0.39, 0.29) is 6.04 Å². The van der Waals surface area contributed by atoms with Crippen LogP contribution in [0.15, 0.2) is 24.3 Å². The van der Waals surface area contributed by atoms with Crippen LogP contribution < -0.4 is 5.73 Å². The minimum atomic E-state index is 0.284. The van der Waals surface area contributed by atoms with Gasteiger partial charge in [0, 0.05) is 12.1 Å². The molecule has 2 atom stereocenters. The molecule has 0 radical (unpaired) electrons. The molecule has 2 N–H and O–H groups in total. The quantitative estimate of drug-likeness (QED) is 0.866. The van der Waals surface area contributed by atoms with E-state index in [1.807, 2.05) is 0 Å². The Morgan fingerprint density at radius 2 is 1.89 bits per heavy atom. The van der Waals surface area contributed by atoms with Crippen molar-refractivity contribution in [3.8, 4) is 0 Å². The summed E-state index contributed by atoms with van der Waals surface area (Å²) in [5, 5.41) is 0. The van der Waals surface area contributed by atoms with Crippen LogP contribution in [-0.4, -0.2) is 24.5 Å². The fourth-order valence-electron chi connectivity index (χ4n) is 3.28. The molecular formula is C16H24N2. The molecule has 18 heavy (non-hydrogen) atoms. The molecule has 0 amide bonds. The molecule has 1 saturated carbocycles. The molecule has 2 heteroatoms. The van der Waals surface area contributed by atoms with E-state index in [0.717, 1.165) is 12.3 Å². The molecule has 1 saturated heterocycles. The van der Waals surface area contributed by atoms with E-state index in [1.54, 1.807) is 0 Å². The Morgan fingerprint density at radius 3 is 2.67 bits per heavy atom. The molecular weight excluding hydrogens is 220 g/mol. The maximum absolute atomic E-state index is 6.40. The average Bonchev–Trinajstić information content (AvgIpc) is 3.19. The van der Waals surface area contributed by atoms with Gasteiger partial charge in [-0.25, -0.2) is 0 Å². The van der Waals surface area contributed by atoms with E-state index in [9.17, 15) is 0 Å². The van der Waals surface area contributed by atoms with Crippen LogP contribution in [0, 0.1) is 0 Å². The van der Waals surface area contributed by atoms with Gasteiger partial charge in [0.05, 0.1) is 0 Å². The molecule has 3 rings (SSSR count). The van der Waals surface area contributed by atoms with Gasteiger partial charge < -0.3 is 5.73 Å². The number of rotatable bonds is 2. The molecule has 2 unspecified atom stereocenters.